The molecule has 1 heterocycles. The fourth-order valence-electron chi connectivity index (χ4n) is 2.08. The first-order valence-corrected chi connectivity index (χ1v) is 7.66. The first kappa shape index (κ1) is 15.4. The first-order chi connectivity index (χ1) is 10.1. The van der Waals surface area contributed by atoms with Gasteiger partial charge in [-0.05, 0) is 36.1 Å². The lowest BCUT2D eigenvalue weighted by Crippen LogP contribution is -2.01. The maximum atomic E-state index is 5.91. The van der Waals surface area contributed by atoms with Gasteiger partial charge < -0.3 is 16.2 Å². The van der Waals surface area contributed by atoms with Crippen LogP contribution in [0.5, 0.6) is 5.75 Å². The average molecular weight is 304 g/mol. The van der Waals surface area contributed by atoms with E-state index in [-0.39, 0.29) is 5.95 Å². The molecule has 21 heavy (non-hydrogen) atoms. The molecule has 0 amide bonds. The fraction of sp³-hybridized carbons (Fsp3) is 0.333. The second-order valence-electron chi connectivity index (χ2n) is 4.56. The van der Waals surface area contributed by atoms with E-state index in [0.717, 1.165) is 28.4 Å². The van der Waals surface area contributed by atoms with Crippen molar-refractivity contribution in [2.24, 2.45) is 0 Å². The second-order valence-corrected chi connectivity index (χ2v) is 5.64. The van der Waals surface area contributed by atoms with E-state index >= 15 is 0 Å². The maximum absolute atomic E-state index is 5.91. The van der Waals surface area contributed by atoms with Gasteiger partial charge in [0.2, 0.25) is 5.95 Å². The van der Waals surface area contributed by atoms with Crippen LogP contribution in [0.2, 0.25) is 0 Å². The molecule has 2 rings (SSSR count). The SMILES string of the molecule is CCc1cc(Sc2cnc(N)nc2N)c(CC)cc1OC. The van der Waals surface area contributed by atoms with Crippen LogP contribution in [0, 0.1) is 0 Å². The lowest BCUT2D eigenvalue weighted by molar-refractivity contribution is 0.409. The number of aromatic nitrogens is 2. The van der Waals surface area contributed by atoms with Gasteiger partial charge in [-0.25, -0.2) is 4.98 Å². The predicted octanol–water partition coefficient (Wildman–Crippen LogP) is 2.93. The van der Waals surface area contributed by atoms with Crippen LogP contribution in [0.25, 0.3) is 0 Å². The first-order valence-electron chi connectivity index (χ1n) is 6.84. The molecule has 0 bridgehead atoms. The van der Waals surface area contributed by atoms with Crippen molar-refractivity contribution in [2.45, 2.75) is 36.5 Å². The lowest BCUT2D eigenvalue weighted by atomic mass is 10.1. The van der Waals surface area contributed by atoms with Crippen LogP contribution in [0.1, 0.15) is 25.0 Å². The van der Waals surface area contributed by atoms with Gasteiger partial charge in [-0.15, -0.1) is 0 Å². The van der Waals surface area contributed by atoms with Crippen molar-refractivity contribution in [3.05, 3.63) is 29.5 Å². The molecule has 0 fully saturated rings. The molecule has 6 heteroatoms. The summed E-state index contributed by atoms with van der Waals surface area (Å²) in [6.45, 7) is 4.23. The average Bonchev–Trinajstić information content (AvgIpc) is 2.49. The Morgan fingerprint density at radius 3 is 2.38 bits per heavy atom. The van der Waals surface area contributed by atoms with Crippen LogP contribution < -0.4 is 16.2 Å². The second kappa shape index (κ2) is 6.67. The summed E-state index contributed by atoms with van der Waals surface area (Å²) in [6, 6.07) is 4.24. The van der Waals surface area contributed by atoms with Crippen LogP contribution in [-0.2, 0) is 12.8 Å². The van der Waals surface area contributed by atoms with Gasteiger partial charge in [0.15, 0.2) is 0 Å². The summed E-state index contributed by atoms with van der Waals surface area (Å²) in [5, 5.41) is 0. The van der Waals surface area contributed by atoms with Gasteiger partial charge in [0.25, 0.3) is 0 Å². The fourth-order valence-corrected chi connectivity index (χ4v) is 3.11. The molecule has 0 saturated heterocycles. The molecule has 0 atom stereocenters. The van der Waals surface area contributed by atoms with Crippen molar-refractivity contribution in [3.8, 4) is 5.75 Å². The highest BCUT2D eigenvalue weighted by atomic mass is 32.2. The molecule has 5 nitrogen and oxygen atoms in total. The summed E-state index contributed by atoms with van der Waals surface area (Å²) < 4.78 is 5.45. The highest BCUT2D eigenvalue weighted by molar-refractivity contribution is 7.99. The Morgan fingerprint density at radius 1 is 1.10 bits per heavy atom. The molecule has 0 aliphatic rings. The molecular weight excluding hydrogens is 284 g/mol. The molecule has 0 spiro atoms. The molecule has 2 aromatic rings. The van der Waals surface area contributed by atoms with Crippen LogP contribution in [0.4, 0.5) is 11.8 Å². The minimum Gasteiger partial charge on any atom is -0.496 e. The van der Waals surface area contributed by atoms with Gasteiger partial charge >= 0.3 is 0 Å². The zero-order chi connectivity index (χ0) is 15.4. The number of ether oxygens (including phenoxy) is 1. The van der Waals surface area contributed by atoms with E-state index in [1.165, 1.54) is 11.1 Å². The van der Waals surface area contributed by atoms with Gasteiger partial charge in [0, 0.05) is 11.1 Å². The van der Waals surface area contributed by atoms with E-state index in [0.29, 0.717) is 5.82 Å². The van der Waals surface area contributed by atoms with Gasteiger partial charge in [0.1, 0.15) is 11.6 Å². The highest BCUT2D eigenvalue weighted by Crippen LogP contribution is 2.37. The van der Waals surface area contributed by atoms with Crippen LogP contribution in [0.3, 0.4) is 0 Å². The Kier molecular flexibility index (Phi) is 4.90. The van der Waals surface area contributed by atoms with E-state index in [9.17, 15) is 0 Å². The van der Waals surface area contributed by atoms with Gasteiger partial charge in [0.05, 0.1) is 12.0 Å². The molecule has 0 unspecified atom stereocenters. The molecular formula is C15H20N4OS. The molecule has 112 valence electrons. The number of nitrogens with two attached hydrogens (primary N) is 2. The Morgan fingerprint density at radius 2 is 1.81 bits per heavy atom. The van der Waals surface area contributed by atoms with Crippen molar-refractivity contribution in [1.29, 1.82) is 0 Å². The normalized spacial score (nSPS) is 10.6. The van der Waals surface area contributed by atoms with Gasteiger partial charge in [-0.3, -0.25) is 0 Å². The largest absolute Gasteiger partial charge is 0.496 e. The van der Waals surface area contributed by atoms with E-state index in [2.05, 4.69) is 35.9 Å². The topological polar surface area (TPSA) is 87.0 Å². The Balaban J connectivity index is 2.42. The van der Waals surface area contributed by atoms with Crippen LogP contribution in [-0.4, -0.2) is 17.1 Å². The minimum atomic E-state index is 0.191. The number of nitrogens with zero attached hydrogens (tertiary/aromatic N) is 2. The Bertz CT molecular complexity index is 646. The zero-order valence-electron chi connectivity index (χ0n) is 12.5. The smallest absolute Gasteiger partial charge is 0.221 e. The van der Waals surface area contributed by atoms with E-state index in [4.69, 9.17) is 16.2 Å². The Hall–Kier alpha value is -1.95. The summed E-state index contributed by atoms with van der Waals surface area (Å²) in [7, 11) is 1.70. The van der Waals surface area contributed by atoms with Gasteiger partial charge in [-0.1, -0.05) is 25.6 Å². The summed E-state index contributed by atoms with van der Waals surface area (Å²) >= 11 is 1.56. The molecule has 0 radical (unpaired) electrons. The van der Waals surface area contributed by atoms with Crippen LogP contribution >= 0.6 is 11.8 Å². The third-order valence-corrected chi connectivity index (χ3v) is 4.38. The standard InChI is InChI=1S/C15H20N4OS/c1-4-9-7-12(10(5-2)6-11(9)20-3)21-13-8-18-15(17)19-14(13)16/h6-8H,4-5H2,1-3H3,(H4,16,17,18,19). The monoisotopic (exact) mass is 304 g/mol. The minimum absolute atomic E-state index is 0.191. The number of benzene rings is 1. The summed E-state index contributed by atoms with van der Waals surface area (Å²) in [4.78, 5) is 9.97. The van der Waals surface area contributed by atoms with Crippen molar-refractivity contribution >= 4 is 23.5 Å². The van der Waals surface area contributed by atoms with Gasteiger partial charge in [-0.2, -0.15) is 4.98 Å². The van der Waals surface area contributed by atoms with E-state index < -0.39 is 0 Å². The van der Waals surface area contributed by atoms with Crippen molar-refractivity contribution in [3.63, 3.8) is 0 Å². The highest BCUT2D eigenvalue weighted by Gasteiger charge is 2.12. The molecule has 0 aliphatic carbocycles. The van der Waals surface area contributed by atoms with E-state index in [1.807, 2.05) is 0 Å². The number of hydrogen-bond acceptors (Lipinski definition) is 6. The summed E-state index contributed by atoms with van der Waals surface area (Å²) in [5.74, 6) is 1.53. The molecule has 0 aliphatic heterocycles. The quantitative estimate of drug-likeness (QED) is 0.883. The number of nitrogen functional groups attached to an aromatic ring is 2. The lowest BCUT2D eigenvalue weighted by Gasteiger charge is -2.14. The molecule has 4 N–H and O–H groups in total. The third-order valence-electron chi connectivity index (χ3n) is 3.25. The summed E-state index contributed by atoms with van der Waals surface area (Å²) in [5.41, 5.74) is 13.8. The predicted molar refractivity (Wildman–Crippen MR) is 86.7 cm³/mol. The number of hydrogen-bond donors (Lipinski definition) is 2. The molecule has 1 aromatic heterocycles. The third kappa shape index (κ3) is 3.39. The number of methoxy groups -OCH3 is 1. The van der Waals surface area contributed by atoms with Crippen molar-refractivity contribution < 1.29 is 4.74 Å². The maximum Gasteiger partial charge on any atom is 0.221 e. The van der Waals surface area contributed by atoms with Crippen LogP contribution in [0.15, 0.2) is 28.1 Å². The number of aryl methyl sites for hydroxylation is 2. The van der Waals surface area contributed by atoms with Crippen molar-refractivity contribution in [1.82, 2.24) is 9.97 Å². The molecule has 1 aromatic carbocycles. The molecule has 0 saturated carbocycles. The number of anilines is 2. The number of rotatable bonds is 5. The summed E-state index contributed by atoms with van der Waals surface area (Å²) in [6.07, 6.45) is 3.49. The Labute approximate surface area is 129 Å². The van der Waals surface area contributed by atoms with Crippen molar-refractivity contribution in [2.75, 3.05) is 18.6 Å². The zero-order valence-corrected chi connectivity index (χ0v) is 13.3. The van der Waals surface area contributed by atoms with E-state index in [1.54, 1.807) is 25.1 Å².